The Balaban J connectivity index is 1.56. The molecule has 12 heteroatoms. The second-order valence-electron chi connectivity index (χ2n) is 13.6. The van der Waals surface area contributed by atoms with E-state index in [-0.39, 0.29) is 60.6 Å². The number of nitrogens with zero attached hydrogens (tertiary/aromatic N) is 1. The third-order valence-corrected chi connectivity index (χ3v) is 9.47. The first-order valence-corrected chi connectivity index (χ1v) is 17.6. The number of phenols is 1. The summed E-state index contributed by atoms with van der Waals surface area (Å²) in [5.74, 6) is -0.555. The van der Waals surface area contributed by atoms with Crippen molar-refractivity contribution in [3.05, 3.63) is 59.7 Å². The number of carbonyl (C=O) groups excluding carboxylic acids is 4. The highest BCUT2D eigenvalue weighted by Crippen LogP contribution is 2.21. The van der Waals surface area contributed by atoms with Gasteiger partial charge in [-0.1, -0.05) is 58.4 Å². The van der Waals surface area contributed by atoms with Crippen LogP contribution in [0.2, 0.25) is 0 Å². The molecule has 268 valence electrons. The van der Waals surface area contributed by atoms with Crippen LogP contribution in [0, 0.1) is 11.8 Å². The number of benzene rings is 2. The SMILES string of the molecule is CC[C@H](C)[C@@H]1NC(=O)[C@@H](NC[C@@H](O)[C@H](Cc2ccc(O)cc2)NC(=O)[C@H](C(C)C)N2CCCC2=O)Cc2ccc(cc2)OCCCNC1=O. The Morgan fingerprint density at radius 2 is 1.73 bits per heavy atom. The Hall–Kier alpha value is -4.16. The molecule has 1 fully saturated rings. The van der Waals surface area contributed by atoms with E-state index in [0.717, 1.165) is 11.1 Å². The van der Waals surface area contributed by atoms with Crippen molar-refractivity contribution < 1.29 is 34.1 Å². The van der Waals surface area contributed by atoms with Crippen LogP contribution in [-0.4, -0.2) is 95.3 Å². The quantitative estimate of drug-likeness (QED) is 0.198. The first-order chi connectivity index (χ1) is 23.5. The van der Waals surface area contributed by atoms with E-state index in [4.69, 9.17) is 4.74 Å². The minimum atomic E-state index is -1.14. The van der Waals surface area contributed by atoms with Crippen molar-refractivity contribution in [2.24, 2.45) is 11.8 Å². The number of aromatic hydroxyl groups is 1. The molecule has 0 radical (unpaired) electrons. The van der Waals surface area contributed by atoms with Gasteiger partial charge >= 0.3 is 0 Å². The molecular formula is C37H53N5O7. The summed E-state index contributed by atoms with van der Waals surface area (Å²) in [6.07, 6.45) is 1.76. The van der Waals surface area contributed by atoms with Crippen molar-refractivity contribution in [1.29, 1.82) is 0 Å². The molecule has 2 aromatic rings. The summed E-state index contributed by atoms with van der Waals surface area (Å²) in [6.45, 7) is 8.96. The summed E-state index contributed by atoms with van der Waals surface area (Å²) in [6, 6.07) is 11.0. The van der Waals surface area contributed by atoms with Gasteiger partial charge in [-0.05, 0) is 72.9 Å². The zero-order valence-corrected chi connectivity index (χ0v) is 29.1. The number of carbonyl (C=O) groups is 4. The van der Waals surface area contributed by atoms with Gasteiger partial charge in [0.2, 0.25) is 23.6 Å². The molecule has 2 bridgehead atoms. The van der Waals surface area contributed by atoms with Crippen LogP contribution in [0.5, 0.6) is 11.5 Å². The number of aliphatic hydroxyl groups is 1. The Labute approximate surface area is 289 Å². The zero-order valence-electron chi connectivity index (χ0n) is 29.1. The lowest BCUT2D eigenvalue weighted by Crippen LogP contribution is -2.59. The fourth-order valence-electron chi connectivity index (χ4n) is 6.36. The number of hydrogen-bond donors (Lipinski definition) is 6. The fraction of sp³-hybridized carbons (Fsp3) is 0.568. The topological polar surface area (TPSA) is 169 Å². The first-order valence-electron chi connectivity index (χ1n) is 17.6. The van der Waals surface area contributed by atoms with E-state index in [0.29, 0.717) is 51.1 Å². The second kappa shape index (κ2) is 18.0. The molecule has 3 aliphatic heterocycles. The molecule has 6 atom stereocenters. The van der Waals surface area contributed by atoms with E-state index in [9.17, 15) is 29.4 Å². The van der Waals surface area contributed by atoms with Gasteiger partial charge in [-0.3, -0.25) is 19.2 Å². The largest absolute Gasteiger partial charge is 0.508 e. The van der Waals surface area contributed by atoms with E-state index in [1.54, 1.807) is 29.2 Å². The van der Waals surface area contributed by atoms with Crippen LogP contribution in [0.15, 0.2) is 48.5 Å². The summed E-state index contributed by atoms with van der Waals surface area (Å²) in [4.78, 5) is 55.0. The van der Waals surface area contributed by atoms with Crippen molar-refractivity contribution in [1.82, 2.24) is 26.2 Å². The van der Waals surface area contributed by atoms with E-state index in [2.05, 4.69) is 21.3 Å². The maximum atomic E-state index is 13.9. The molecule has 0 aromatic heterocycles. The molecule has 0 aliphatic carbocycles. The zero-order chi connectivity index (χ0) is 35.5. The smallest absolute Gasteiger partial charge is 0.243 e. The number of nitrogens with one attached hydrogen (secondary N) is 4. The van der Waals surface area contributed by atoms with Gasteiger partial charge < -0.3 is 41.1 Å². The van der Waals surface area contributed by atoms with E-state index < -0.39 is 30.3 Å². The Morgan fingerprint density at radius 3 is 2.37 bits per heavy atom. The molecule has 2 aromatic carbocycles. The lowest BCUT2D eigenvalue weighted by Gasteiger charge is -2.33. The third kappa shape index (κ3) is 10.7. The number of aliphatic hydroxyl groups excluding tert-OH is 1. The minimum absolute atomic E-state index is 0.0580. The molecule has 4 amide bonds. The Morgan fingerprint density at radius 1 is 1.02 bits per heavy atom. The average Bonchev–Trinajstić information content (AvgIpc) is 3.49. The summed E-state index contributed by atoms with van der Waals surface area (Å²) in [5.41, 5.74) is 1.63. The van der Waals surface area contributed by atoms with E-state index in [1.807, 2.05) is 52.0 Å². The molecule has 3 heterocycles. The Kier molecular flexibility index (Phi) is 13.8. The maximum absolute atomic E-state index is 13.9. The number of hydrogen-bond acceptors (Lipinski definition) is 8. The monoisotopic (exact) mass is 679 g/mol. The molecule has 12 nitrogen and oxygen atoms in total. The van der Waals surface area contributed by atoms with Crippen LogP contribution in [0.1, 0.15) is 64.5 Å². The summed E-state index contributed by atoms with van der Waals surface area (Å²) in [5, 5.41) is 33.6. The molecule has 0 unspecified atom stereocenters. The average molecular weight is 680 g/mol. The number of ether oxygens (including phenoxy) is 1. The summed E-state index contributed by atoms with van der Waals surface area (Å²) < 4.78 is 5.82. The molecule has 49 heavy (non-hydrogen) atoms. The summed E-state index contributed by atoms with van der Waals surface area (Å²) in [7, 11) is 0. The van der Waals surface area contributed by atoms with Crippen LogP contribution < -0.4 is 26.0 Å². The minimum Gasteiger partial charge on any atom is -0.508 e. The number of amides is 4. The van der Waals surface area contributed by atoms with E-state index >= 15 is 0 Å². The van der Waals surface area contributed by atoms with Crippen LogP contribution in [0.25, 0.3) is 0 Å². The van der Waals surface area contributed by atoms with Gasteiger partial charge in [0.25, 0.3) is 0 Å². The third-order valence-electron chi connectivity index (χ3n) is 9.47. The second-order valence-corrected chi connectivity index (χ2v) is 13.6. The van der Waals surface area contributed by atoms with Crippen molar-refractivity contribution in [2.75, 3.05) is 26.2 Å². The lowest BCUT2D eigenvalue weighted by atomic mass is 9.96. The number of phenolic OH excluding ortho intramolecular Hbond substituents is 1. The fourth-order valence-corrected chi connectivity index (χ4v) is 6.36. The van der Waals surface area contributed by atoms with Gasteiger partial charge in [0.05, 0.1) is 24.8 Å². The van der Waals surface area contributed by atoms with Crippen molar-refractivity contribution >= 4 is 23.6 Å². The van der Waals surface area contributed by atoms with Crippen LogP contribution in [0.3, 0.4) is 0 Å². The molecule has 3 aliphatic rings. The van der Waals surface area contributed by atoms with Crippen LogP contribution in [-0.2, 0) is 32.0 Å². The Bertz CT molecular complexity index is 1400. The molecule has 5 rings (SSSR count). The standard InChI is InChI=1S/C37H53N5O7/c1-5-24(4)33-36(47)38-17-7-19-49-28-15-11-26(12-16-28)21-30(35(46)41-33)39-22-31(44)29(20-25-9-13-27(43)14-10-25)40-37(48)34(23(2)3)42-18-6-8-32(42)45/h9-16,23-24,29-31,33-34,39,43-44H,5-8,17-22H2,1-4H3,(H,38,47)(H,40,48)(H,41,46)/t24-,29-,30-,31+,33-,34-/m0/s1. The van der Waals surface area contributed by atoms with Gasteiger partial charge in [-0.2, -0.15) is 0 Å². The van der Waals surface area contributed by atoms with Gasteiger partial charge in [0, 0.05) is 26.1 Å². The van der Waals surface area contributed by atoms with Gasteiger partial charge in [0.15, 0.2) is 0 Å². The number of rotatable bonds is 12. The van der Waals surface area contributed by atoms with Gasteiger partial charge in [0.1, 0.15) is 23.6 Å². The van der Waals surface area contributed by atoms with Crippen molar-refractivity contribution in [3.63, 3.8) is 0 Å². The molecule has 0 spiro atoms. The van der Waals surface area contributed by atoms with Crippen LogP contribution >= 0.6 is 0 Å². The predicted molar refractivity (Wildman–Crippen MR) is 186 cm³/mol. The predicted octanol–water partition coefficient (Wildman–Crippen LogP) is 2.06. The van der Waals surface area contributed by atoms with Crippen molar-refractivity contribution in [2.45, 2.75) is 96.5 Å². The van der Waals surface area contributed by atoms with Crippen LogP contribution in [0.4, 0.5) is 0 Å². The first kappa shape index (κ1) is 37.7. The van der Waals surface area contributed by atoms with Crippen molar-refractivity contribution in [3.8, 4) is 11.5 Å². The normalized spacial score (nSPS) is 21.5. The molecule has 1 saturated heterocycles. The highest BCUT2D eigenvalue weighted by atomic mass is 16.5. The molecule has 6 N–H and O–H groups in total. The highest BCUT2D eigenvalue weighted by molar-refractivity contribution is 5.90. The lowest BCUT2D eigenvalue weighted by molar-refractivity contribution is -0.139. The number of fused-ring (bicyclic) bond motifs is 12. The summed E-state index contributed by atoms with van der Waals surface area (Å²) >= 11 is 0. The molecule has 0 saturated carbocycles. The highest BCUT2D eigenvalue weighted by Gasteiger charge is 2.37. The van der Waals surface area contributed by atoms with E-state index in [1.165, 1.54) is 0 Å². The number of likely N-dealkylation sites (tertiary alicyclic amines) is 1. The van der Waals surface area contributed by atoms with Gasteiger partial charge in [-0.25, -0.2) is 0 Å². The molecular weight excluding hydrogens is 626 g/mol. The maximum Gasteiger partial charge on any atom is 0.243 e. The van der Waals surface area contributed by atoms with Gasteiger partial charge in [-0.15, -0.1) is 0 Å².